The second-order valence-corrected chi connectivity index (χ2v) is 20.7. The standard InChI is InChI=1S/C54H85N13O15/c1-8-31(6)46(54(82)64-39(22-30(4)5)51(79)62-40(23-33-12-16-35(71)17-13-33)47(75)57-25-44(73)60-42(27-68)48(76)58-26-45(74)67-56)66-53(81)43(28-69)65-49(77)37(11-9-10-20-55)61-52(80)41(24-34-14-18-36(72)19-15-34)63-50(78)38(21-29(2)3)59-32(7)70/h12-19,29-31,37-43,46,68-69,71-72H,8-11,20-28,55-56H2,1-7H3,(H,57,75)(H,58,76)(H,59,70)(H,60,73)(H,61,80)(H,62,79)(H,63,78)(H,64,82)(H,65,77)(H,66,81)(H,67,74)/t31-,37-,38-,39-,40-,41-,42-,43-,46-/m0/s1. The van der Waals surface area contributed by atoms with Crippen LogP contribution in [-0.4, -0.2) is 167 Å². The predicted octanol–water partition coefficient (Wildman–Crippen LogP) is -3.74. The van der Waals surface area contributed by atoms with Crippen molar-refractivity contribution in [2.24, 2.45) is 29.3 Å². The van der Waals surface area contributed by atoms with Gasteiger partial charge in [0.2, 0.25) is 59.1 Å². The lowest BCUT2D eigenvalue weighted by molar-refractivity contribution is -0.137. The van der Waals surface area contributed by atoms with E-state index in [1.165, 1.54) is 55.5 Å². The summed E-state index contributed by atoms with van der Waals surface area (Å²) < 4.78 is 0. The molecule has 0 spiro atoms. The van der Waals surface area contributed by atoms with E-state index in [0.29, 0.717) is 30.4 Å². The highest BCUT2D eigenvalue weighted by atomic mass is 16.3. The van der Waals surface area contributed by atoms with Crippen LogP contribution in [0.25, 0.3) is 0 Å². The molecular formula is C54H85N13O15. The number of amides is 11. The fourth-order valence-electron chi connectivity index (χ4n) is 8.14. The summed E-state index contributed by atoms with van der Waals surface area (Å²) in [6.07, 6.45) is 0.960. The number of phenols is 2. The van der Waals surface area contributed by atoms with Gasteiger partial charge in [-0.3, -0.25) is 58.2 Å². The molecule has 0 unspecified atom stereocenters. The predicted molar refractivity (Wildman–Crippen MR) is 299 cm³/mol. The highest BCUT2D eigenvalue weighted by molar-refractivity contribution is 5.98. The molecule has 0 aliphatic heterocycles. The van der Waals surface area contributed by atoms with Crippen LogP contribution in [-0.2, 0) is 65.6 Å². The van der Waals surface area contributed by atoms with Crippen molar-refractivity contribution in [2.75, 3.05) is 32.8 Å². The molecular weight excluding hydrogens is 1070 g/mol. The van der Waals surface area contributed by atoms with Gasteiger partial charge in [-0.15, -0.1) is 0 Å². The van der Waals surface area contributed by atoms with Crippen molar-refractivity contribution >= 4 is 65.0 Å². The molecule has 19 N–H and O–H groups in total. The van der Waals surface area contributed by atoms with Gasteiger partial charge in [0.1, 0.15) is 59.8 Å². The molecule has 0 aliphatic rings. The van der Waals surface area contributed by atoms with Crippen LogP contribution in [0.3, 0.4) is 0 Å². The first-order valence-corrected chi connectivity index (χ1v) is 27.2. The summed E-state index contributed by atoms with van der Waals surface area (Å²) in [6, 6.07) is 0.427. The van der Waals surface area contributed by atoms with Crippen LogP contribution < -0.4 is 70.2 Å². The van der Waals surface area contributed by atoms with Crippen LogP contribution in [0.5, 0.6) is 11.5 Å². The van der Waals surface area contributed by atoms with Gasteiger partial charge in [0.05, 0.1) is 26.3 Å². The fourth-order valence-corrected chi connectivity index (χ4v) is 8.14. The van der Waals surface area contributed by atoms with E-state index in [1.807, 2.05) is 13.8 Å². The third-order valence-electron chi connectivity index (χ3n) is 12.8. The van der Waals surface area contributed by atoms with Gasteiger partial charge < -0.3 is 79.3 Å². The van der Waals surface area contributed by atoms with Crippen molar-refractivity contribution in [1.29, 1.82) is 0 Å². The minimum atomic E-state index is -1.70. The molecule has 11 amide bonds. The quantitative estimate of drug-likeness (QED) is 0.0135. The summed E-state index contributed by atoms with van der Waals surface area (Å²) in [5.74, 6) is -5.18. The van der Waals surface area contributed by atoms with Crippen LogP contribution in [0.4, 0.5) is 0 Å². The van der Waals surface area contributed by atoms with E-state index in [4.69, 9.17) is 11.6 Å². The summed E-state index contributed by atoms with van der Waals surface area (Å²) in [5, 5.41) is 65.0. The lowest BCUT2D eigenvalue weighted by atomic mass is 9.96. The number of nitrogens with two attached hydrogens (primary N) is 2. The number of phenolic OH excluding ortho intramolecular Hbond substituents is 2. The van der Waals surface area contributed by atoms with Gasteiger partial charge in [-0.25, -0.2) is 5.84 Å². The molecule has 0 heterocycles. The highest BCUT2D eigenvalue weighted by Gasteiger charge is 2.36. The second-order valence-electron chi connectivity index (χ2n) is 20.7. The van der Waals surface area contributed by atoms with E-state index in [2.05, 4.69) is 53.2 Å². The Morgan fingerprint density at radius 1 is 0.476 bits per heavy atom. The zero-order valence-electron chi connectivity index (χ0n) is 47.6. The summed E-state index contributed by atoms with van der Waals surface area (Å²) in [4.78, 5) is 147. The Hall–Kier alpha value is -7.95. The number of aliphatic hydroxyl groups excluding tert-OH is 2. The Kier molecular flexibility index (Phi) is 31.2. The van der Waals surface area contributed by atoms with Gasteiger partial charge in [0, 0.05) is 19.8 Å². The van der Waals surface area contributed by atoms with Crippen molar-refractivity contribution in [3.05, 3.63) is 59.7 Å². The molecule has 82 heavy (non-hydrogen) atoms. The number of aromatic hydroxyl groups is 2. The van der Waals surface area contributed by atoms with Crippen molar-refractivity contribution in [3.63, 3.8) is 0 Å². The molecule has 0 fully saturated rings. The van der Waals surface area contributed by atoms with E-state index in [9.17, 15) is 73.2 Å². The molecule has 2 rings (SSSR count). The van der Waals surface area contributed by atoms with Crippen LogP contribution in [0.2, 0.25) is 0 Å². The number of hydrogen-bond acceptors (Lipinski definition) is 17. The van der Waals surface area contributed by atoms with E-state index < -0.39 is 146 Å². The number of rotatable bonds is 36. The normalized spacial score (nSPS) is 14.4. The Balaban J connectivity index is 2.39. The van der Waals surface area contributed by atoms with Crippen LogP contribution in [0.1, 0.15) is 98.1 Å². The van der Waals surface area contributed by atoms with Crippen molar-refractivity contribution in [3.8, 4) is 11.5 Å². The molecule has 456 valence electrons. The largest absolute Gasteiger partial charge is 0.508 e. The lowest BCUT2D eigenvalue weighted by Gasteiger charge is -2.30. The summed E-state index contributed by atoms with van der Waals surface area (Å²) in [7, 11) is 0. The number of hydrogen-bond donors (Lipinski definition) is 17. The molecule has 28 nitrogen and oxygen atoms in total. The SMILES string of the molecule is CC[C@H](C)[C@H](NC(=O)[C@H](CO)NC(=O)[C@H](CCCCN)NC(=O)[C@H](Cc1ccc(O)cc1)NC(=O)[C@H](CC(C)C)NC(C)=O)C(=O)N[C@@H](CC(C)C)C(=O)N[C@@H](Cc1ccc(O)cc1)C(=O)NCC(=O)N[C@@H](CO)C(=O)NCC(=O)NN. The lowest BCUT2D eigenvalue weighted by Crippen LogP contribution is -2.62. The Morgan fingerprint density at radius 3 is 1.32 bits per heavy atom. The average molecular weight is 1160 g/mol. The molecule has 0 radical (unpaired) electrons. The van der Waals surface area contributed by atoms with Crippen LogP contribution in [0.15, 0.2) is 48.5 Å². The number of carbonyl (C=O) groups excluding carboxylic acids is 11. The fraction of sp³-hybridized carbons (Fsp3) is 0.574. The highest BCUT2D eigenvalue weighted by Crippen LogP contribution is 2.16. The van der Waals surface area contributed by atoms with Gasteiger partial charge in [0.15, 0.2) is 0 Å². The van der Waals surface area contributed by atoms with E-state index in [1.54, 1.807) is 33.1 Å². The van der Waals surface area contributed by atoms with Crippen molar-refractivity contribution in [1.82, 2.24) is 58.6 Å². The van der Waals surface area contributed by atoms with E-state index >= 15 is 0 Å². The summed E-state index contributed by atoms with van der Waals surface area (Å²) in [5.41, 5.74) is 8.52. The molecule has 0 bridgehead atoms. The Labute approximate surface area is 476 Å². The van der Waals surface area contributed by atoms with Crippen LogP contribution in [0, 0.1) is 17.8 Å². The van der Waals surface area contributed by atoms with Gasteiger partial charge in [0.25, 0.3) is 5.91 Å². The number of benzene rings is 2. The van der Waals surface area contributed by atoms with Crippen molar-refractivity contribution in [2.45, 2.75) is 148 Å². The summed E-state index contributed by atoms with van der Waals surface area (Å²) >= 11 is 0. The summed E-state index contributed by atoms with van der Waals surface area (Å²) in [6.45, 7) is 8.89. The first-order chi connectivity index (χ1) is 38.7. The van der Waals surface area contributed by atoms with Gasteiger partial charge in [-0.05, 0) is 91.8 Å². The zero-order valence-corrected chi connectivity index (χ0v) is 47.6. The molecule has 2 aromatic rings. The maximum Gasteiger partial charge on any atom is 0.253 e. The van der Waals surface area contributed by atoms with Gasteiger partial charge in [-0.2, -0.15) is 0 Å². The molecule has 0 aromatic heterocycles. The Bertz CT molecular complexity index is 2450. The molecule has 0 saturated carbocycles. The van der Waals surface area contributed by atoms with Crippen LogP contribution >= 0.6 is 0 Å². The first kappa shape index (κ1) is 70.2. The minimum Gasteiger partial charge on any atom is -0.508 e. The van der Waals surface area contributed by atoms with E-state index in [-0.39, 0.29) is 62.0 Å². The van der Waals surface area contributed by atoms with Gasteiger partial charge in [-0.1, -0.05) is 72.2 Å². The Morgan fingerprint density at radius 2 is 0.866 bits per heavy atom. The maximum atomic E-state index is 14.3. The molecule has 2 aromatic carbocycles. The zero-order chi connectivity index (χ0) is 61.6. The number of nitrogens with one attached hydrogen (secondary N) is 11. The van der Waals surface area contributed by atoms with Crippen molar-refractivity contribution < 1.29 is 73.2 Å². The number of unbranched alkanes of at least 4 members (excludes halogenated alkanes) is 1. The maximum absolute atomic E-state index is 14.3. The smallest absolute Gasteiger partial charge is 0.253 e. The third kappa shape index (κ3) is 25.7. The second kappa shape index (κ2) is 36.4. The van der Waals surface area contributed by atoms with Gasteiger partial charge >= 0.3 is 0 Å². The minimum absolute atomic E-state index is 0.00610. The first-order valence-electron chi connectivity index (χ1n) is 27.2. The topological polar surface area (TPSA) is 453 Å². The third-order valence-corrected chi connectivity index (χ3v) is 12.8. The molecule has 0 saturated heterocycles. The number of carbonyl (C=O) groups is 11. The molecule has 0 aliphatic carbocycles. The monoisotopic (exact) mass is 1160 g/mol. The molecule has 28 heteroatoms. The molecule has 9 atom stereocenters. The number of aliphatic hydroxyl groups is 2. The number of hydrazine groups is 1. The van der Waals surface area contributed by atoms with E-state index in [0.717, 1.165) is 0 Å². The average Bonchev–Trinajstić information content (AvgIpc) is 3.47.